The molecule has 8 heteroatoms. The molecule has 2 aromatic heterocycles. The van der Waals surface area contributed by atoms with Gasteiger partial charge < -0.3 is 14.2 Å². The zero-order chi connectivity index (χ0) is 18.3. The molecule has 4 rings (SSSR count). The van der Waals surface area contributed by atoms with Gasteiger partial charge in [-0.3, -0.25) is 4.79 Å². The van der Waals surface area contributed by atoms with E-state index in [4.69, 9.17) is 8.83 Å². The van der Waals surface area contributed by atoms with Crippen LogP contribution >= 0.6 is 0 Å². The van der Waals surface area contributed by atoms with Gasteiger partial charge in [0, 0.05) is 11.3 Å². The van der Waals surface area contributed by atoms with Gasteiger partial charge in [0.05, 0.1) is 6.20 Å². The predicted molar refractivity (Wildman–Crippen MR) is 88.6 cm³/mol. The smallest absolute Gasteiger partial charge is 0.311 e. The Morgan fingerprint density at radius 2 is 1.85 bits per heavy atom. The van der Waals surface area contributed by atoms with E-state index in [1.54, 1.807) is 31.2 Å². The second-order valence-corrected chi connectivity index (χ2v) is 5.54. The molecule has 1 amide bonds. The highest BCUT2D eigenvalue weighted by atomic mass is 19.2. The third-order valence-electron chi connectivity index (χ3n) is 3.66. The third-order valence-corrected chi connectivity index (χ3v) is 3.66. The Labute approximate surface area is 145 Å². The summed E-state index contributed by atoms with van der Waals surface area (Å²) < 4.78 is 37.5. The van der Waals surface area contributed by atoms with Gasteiger partial charge in [-0.05, 0) is 43.3 Å². The number of hydrogen-bond acceptors (Lipinski definition) is 5. The van der Waals surface area contributed by atoms with Crippen molar-refractivity contribution < 1.29 is 22.4 Å². The molecule has 6 nitrogen and oxygen atoms in total. The molecule has 0 aliphatic rings. The molecule has 1 N–H and O–H groups in total. The van der Waals surface area contributed by atoms with Crippen LogP contribution in [0.2, 0.25) is 0 Å². The van der Waals surface area contributed by atoms with Crippen LogP contribution in [0.4, 0.5) is 14.5 Å². The normalized spacial score (nSPS) is 11.0. The standard InChI is InChI=1S/C18H11F2N3O3/c1-9-8-21-18(25-9)16(24)22-11-4-2-10(3-5-11)17-23-13-7-6-12(19)14(20)15(13)26-17/h2-8H,1H3,(H,22,24). The molecule has 0 fully saturated rings. The lowest BCUT2D eigenvalue weighted by molar-refractivity contribution is 0.0989. The van der Waals surface area contributed by atoms with E-state index in [1.165, 1.54) is 12.3 Å². The maximum Gasteiger partial charge on any atom is 0.311 e. The lowest BCUT2D eigenvalue weighted by atomic mass is 10.2. The summed E-state index contributed by atoms with van der Waals surface area (Å²) in [6.07, 6.45) is 1.45. The van der Waals surface area contributed by atoms with Crippen molar-refractivity contribution in [3.8, 4) is 11.5 Å². The molecular weight excluding hydrogens is 344 g/mol. The van der Waals surface area contributed by atoms with E-state index >= 15 is 0 Å². The van der Waals surface area contributed by atoms with E-state index in [0.717, 1.165) is 6.07 Å². The van der Waals surface area contributed by atoms with Gasteiger partial charge in [0.1, 0.15) is 11.3 Å². The first-order valence-electron chi connectivity index (χ1n) is 7.60. The largest absolute Gasteiger partial charge is 0.438 e. The SMILES string of the molecule is Cc1cnc(C(=O)Nc2ccc(-c3nc4ccc(F)c(F)c4o3)cc2)o1. The quantitative estimate of drug-likeness (QED) is 0.592. The van der Waals surface area contributed by atoms with E-state index in [2.05, 4.69) is 15.3 Å². The summed E-state index contributed by atoms with van der Waals surface area (Å²) in [6.45, 7) is 1.69. The fourth-order valence-electron chi connectivity index (χ4n) is 2.40. The van der Waals surface area contributed by atoms with Crippen LogP contribution in [0.15, 0.2) is 51.4 Å². The number of nitrogens with zero attached hydrogens (tertiary/aromatic N) is 2. The average Bonchev–Trinajstić information content (AvgIpc) is 3.26. The fraction of sp³-hybridized carbons (Fsp3) is 0.0556. The first-order chi connectivity index (χ1) is 12.5. The molecule has 0 bridgehead atoms. The summed E-state index contributed by atoms with van der Waals surface area (Å²) in [5.74, 6) is -1.92. The highest BCUT2D eigenvalue weighted by molar-refractivity contribution is 6.01. The van der Waals surface area contributed by atoms with Crippen LogP contribution in [0.1, 0.15) is 16.4 Å². The maximum atomic E-state index is 13.7. The number of anilines is 1. The average molecular weight is 355 g/mol. The molecule has 2 heterocycles. The minimum absolute atomic E-state index is 0.0389. The Balaban J connectivity index is 1.58. The van der Waals surface area contributed by atoms with Gasteiger partial charge in [-0.25, -0.2) is 14.4 Å². The summed E-state index contributed by atoms with van der Waals surface area (Å²) >= 11 is 0. The van der Waals surface area contributed by atoms with E-state index < -0.39 is 17.5 Å². The summed E-state index contributed by atoms with van der Waals surface area (Å²) in [5.41, 5.74) is 1.03. The number of aromatic nitrogens is 2. The maximum absolute atomic E-state index is 13.7. The van der Waals surface area contributed by atoms with Gasteiger partial charge in [0.2, 0.25) is 11.7 Å². The number of nitrogens with one attached hydrogen (secondary N) is 1. The lowest BCUT2D eigenvalue weighted by Crippen LogP contribution is -2.11. The highest BCUT2D eigenvalue weighted by Crippen LogP contribution is 2.28. The van der Waals surface area contributed by atoms with E-state index in [1.807, 2.05) is 0 Å². The number of carbonyl (C=O) groups excluding carboxylic acids is 1. The Morgan fingerprint density at radius 1 is 1.08 bits per heavy atom. The van der Waals surface area contributed by atoms with E-state index in [9.17, 15) is 13.6 Å². The number of rotatable bonds is 3. The number of fused-ring (bicyclic) bond motifs is 1. The van der Waals surface area contributed by atoms with Crippen molar-refractivity contribution in [2.75, 3.05) is 5.32 Å². The van der Waals surface area contributed by atoms with E-state index in [-0.39, 0.29) is 22.9 Å². The Bertz CT molecular complexity index is 1120. The number of hydrogen-bond donors (Lipinski definition) is 1. The number of benzene rings is 2. The summed E-state index contributed by atoms with van der Waals surface area (Å²) in [5, 5.41) is 2.64. The molecule has 26 heavy (non-hydrogen) atoms. The van der Waals surface area contributed by atoms with Crippen molar-refractivity contribution in [1.82, 2.24) is 9.97 Å². The monoisotopic (exact) mass is 355 g/mol. The topological polar surface area (TPSA) is 81.2 Å². The van der Waals surface area contributed by atoms with Crippen molar-refractivity contribution >= 4 is 22.7 Å². The zero-order valence-electron chi connectivity index (χ0n) is 13.4. The molecule has 0 aliphatic heterocycles. The first kappa shape index (κ1) is 15.9. The number of aryl methyl sites for hydroxylation is 1. The molecule has 0 saturated heterocycles. The van der Waals surface area contributed by atoms with Gasteiger partial charge in [-0.15, -0.1) is 0 Å². The number of amides is 1. The summed E-state index contributed by atoms with van der Waals surface area (Å²) in [6, 6.07) is 8.84. The Kier molecular flexibility index (Phi) is 3.72. The van der Waals surface area contributed by atoms with Crippen LogP contribution < -0.4 is 5.32 Å². The zero-order valence-corrected chi connectivity index (χ0v) is 13.4. The number of halogens is 2. The molecule has 0 saturated carbocycles. The Morgan fingerprint density at radius 3 is 2.54 bits per heavy atom. The summed E-state index contributed by atoms with van der Waals surface area (Å²) in [7, 11) is 0. The predicted octanol–water partition coefficient (Wildman–Crippen LogP) is 4.32. The Hall–Kier alpha value is -3.55. The lowest BCUT2D eigenvalue weighted by Gasteiger charge is -2.03. The van der Waals surface area contributed by atoms with Crippen molar-refractivity contribution in [3.63, 3.8) is 0 Å². The van der Waals surface area contributed by atoms with E-state index in [0.29, 0.717) is 17.0 Å². The molecule has 0 aliphatic carbocycles. The molecule has 0 unspecified atom stereocenters. The van der Waals surface area contributed by atoms with Gasteiger partial charge in [-0.2, -0.15) is 4.39 Å². The second kappa shape index (κ2) is 6.07. The minimum Gasteiger partial charge on any atom is -0.438 e. The van der Waals surface area contributed by atoms with Crippen molar-refractivity contribution in [1.29, 1.82) is 0 Å². The van der Waals surface area contributed by atoms with Gasteiger partial charge in [0.15, 0.2) is 11.4 Å². The number of carbonyl (C=O) groups is 1. The van der Waals surface area contributed by atoms with Gasteiger partial charge >= 0.3 is 5.91 Å². The number of oxazole rings is 2. The molecule has 0 spiro atoms. The molecule has 0 radical (unpaired) electrons. The van der Waals surface area contributed by atoms with Crippen LogP contribution in [0.25, 0.3) is 22.6 Å². The fourth-order valence-corrected chi connectivity index (χ4v) is 2.40. The van der Waals surface area contributed by atoms with Crippen molar-refractivity contribution in [2.24, 2.45) is 0 Å². The van der Waals surface area contributed by atoms with Crippen molar-refractivity contribution in [3.05, 3.63) is 65.9 Å². The van der Waals surface area contributed by atoms with Gasteiger partial charge in [-0.1, -0.05) is 0 Å². The van der Waals surface area contributed by atoms with Crippen LogP contribution in [0, 0.1) is 18.6 Å². The van der Waals surface area contributed by atoms with Crippen LogP contribution in [-0.2, 0) is 0 Å². The molecular formula is C18H11F2N3O3. The third kappa shape index (κ3) is 2.81. The second-order valence-electron chi connectivity index (χ2n) is 5.54. The summed E-state index contributed by atoms with van der Waals surface area (Å²) in [4.78, 5) is 20.0. The van der Waals surface area contributed by atoms with Crippen LogP contribution in [-0.4, -0.2) is 15.9 Å². The molecule has 130 valence electrons. The first-order valence-corrected chi connectivity index (χ1v) is 7.60. The van der Waals surface area contributed by atoms with Crippen LogP contribution in [0.5, 0.6) is 0 Å². The van der Waals surface area contributed by atoms with Crippen molar-refractivity contribution in [2.45, 2.75) is 6.92 Å². The van der Waals surface area contributed by atoms with Gasteiger partial charge in [0.25, 0.3) is 5.89 Å². The molecule has 0 atom stereocenters. The highest BCUT2D eigenvalue weighted by Gasteiger charge is 2.16. The molecule has 4 aromatic rings. The van der Waals surface area contributed by atoms with Crippen LogP contribution in [0.3, 0.4) is 0 Å². The molecule has 2 aromatic carbocycles. The minimum atomic E-state index is -1.08.